The van der Waals surface area contributed by atoms with E-state index in [9.17, 15) is 44.4 Å². The number of rotatable bonds is 48. The van der Waals surface area contributed by atoms with Crippen molar-refractivity contribution < 1.29 is 72.9 Å². The molecule has 30 nitrogen and oxygen atoms in total. The van der Waals surface area contributed by atoms with Gasteiger partial charge in [0.1, 0.15) is 0 Å². The Bertz CT molecular complexity index is 4480. The largest absolute Gasteiger partial charge is 0.378 e. The molecular formula is C79H100Cl6N14O16S3. The molecule has 0 bridgehead atoms. The SMILES string of the molecule is CN1Cc2c(Cl)cc(Cl)cc2[C@H](c2cccc(S(=O)(=O)NCCOCCOCCNC(=O)CCC(CCC(=O)NCCOCCOCCNS(=O)(=O)c3cccc([C@@H]4CN(C)Cc5c(Cl)cc(Cl)cc54)c3)(CCC(=O)NCCOCCOCCNS(=O)(=O)c3cccc([C@@H]4CN(C)Cc5c(Cl)cc(Cl)cc54)c3)NC(=O)Cc3nnn[nH]3)c2)C1. The van der Waals surface area contributed by atoms with Gasteiger partial charge in [-0.1, -0.05) is 106 Å². The molecule has 0 fully saturated rings. The molecule has 8 N–H and O–H groups in total. The molecule has 3 aliphatic heterocycles. The quantitative estimate of drug-likeness (QED) is 0.0168. The number of tetrazole rings is 1. The summed E-state index contributed by atoms with van der Waals surface area (Å²) in [4.78, 5) is 61.4. The van der Waals surface area contributed by atoms with Crippen LogP contribution >= 0.6 is 69.6 Å². The van der Waals surface area contributed by atoms with Crippen molar-refractivity contribution in [3.8, 4) is 0 Å². The fourth-order valence-corrected chi connectivity index (χ4v) is 19.4. The number of hydrogen-bond acceptors (Lipinski definition) is 22. The molecule has 4 heterocycles. The van der Waals surface area contributed by atoms with Crippen molar-refractivity contribution in [1.82, 2.24) is 70.8 Å². The molecule has 7 aromatic rings. The van der Waals surface area contributed by atoms with Gasteiger partial charge in [0.15, 0.2) is 5.82 Å². The standard InChI is InChI=1S/C79H100Cl6N14O16S3/c1-97-47-65(62-40-56(80)43-71(83)68(62)50-97)53-7-4-10-59(37-53)116(104,105)89-22-28-113-34-31-110-25-19-86-75(100)13-16-79(92-78(103)46-74-93-95-96-94-74,17-14-76(101)87-20-26-111-32-35-114-29-23-90-117(106,107)60-11-5-8-54(38-60)66-48-98(2)51-69-63(66)41-57(81)44-72(69)84)18-15-77(102)88-21-27-112-33-36-115-30-24-91-118(108,109)61-12-6-9-55(39-61)67-49-99(3)52-70-64(67)42-58(82)45-73(70)85/h4-12,37-45,65-67,89-91H,13-36,46-52H2,1-3H3,(H,86,100)(H,87,101)(H,88,102)(H,92,103)(H,93,94,95,96)/t65-,66-,67-/m0/s1. The van der Waals surface area contributed by atoms with Crippen LogP contribution in [0.15, 0.2) is 124 Å². The third-order valence-electron chi connectivity index (χ3n) is 20.2. The molecule has 4 amide bonds. The predicted molar refractivity (Wildman–Crippen MR) is 449 cm³/mol. The first-order valence-corrected chi connectivity index (χ1v) is 45.3. The van der Waals surface area contributed by atoms with Crippen LogP contribution in [-0.4, -0.2) is 249 Å². The van der Waals surface area contributed by atoms with Crippen molar-refractivity contribution in [1.29, 1.82) is 0 Å². The minimum absolute atomic E-state index is 0.0122. The Kier molecular flexibility index (Phi) is 36.1. The molecule has 0 unspecified atom stereocenters. The third-order valence-corrected chi connectivity index (χ3v) is 26.3. The van der Waals surface area contributed by atoms with E-state index < -0.39 is 59.2 Å². The number of fused-ring (bicyclic) bond motifs is 3. The number of amides is 4. The van der Waals surface area contributed by atoms with E-state index in [2.05, 4.69) is 70.8 Å². The number of aromatic nitrogens is 4. The van der Waals surface area contributed by atoms with Crippen LogP contribution in [0.5, 0.6) is 0 Å². The highest BCUT2D eigenvalue weighted by molar-refractivity contribution is 7.90. The van der Waals surface area contributed by atoms with Gasteiger partial charge in [-0.15, -0.1) is 5.10 Å². The topological polar surface area (TPSA) is 374 Å². The summed E-state index contributed by atoms with van der Waals surface area (Å²) in [6, 6.07) is 31.1. The zero-order chi connectivity index (χ0) is 84.4. The lowest BCUT2D eigenvalue weighted by Crippen LogP contribution is -2.51. The summed E-state index contributed by atoms with van der Waals surface area (Å²) < 4.78 is 123. The third kappa shape index (κ3) is 28.2. The number of carbonyl (C=O) groups excluding carboxylic acids is 4. The molecule has 0 aliphatic carbocycles. The van der Waals surface area contributed by atoms with Gasteiger partial charge in [-0.3, -0.25) is 19.2 Å². The van der Waals surface area contributed by atoms with Crippen LogP contribution in [-0.2, 0) is 104 Å². The van der Waals surface area contributed by atoms with Gasteiger partial charge in [-0.05, 0) is 174 Å². The van der Waals surface area contributed by atoms with Crippen LogP contribution in [0.3, 0.4) is 0 Å². The Hall–Kier alpha value is -6.62. The number of aromatic amines is 1. The predicted octanol–water partition coefficient (Wildman–Crippen LogP) is 7.97. The molecule has 0 radical (unpaired) electrons. The summed E-state index contributed by atoms with van der Waals surface area (Å²) >= 11 is 38.9. The number of benzene rings is 6. The second-order valence-corrected chi connectivity index (χ2v) is 36.9. The van der Waals surface area contributed by atoms with Crippen molar-refractivity contribution in [2.75, 3.05) is 159 Å². The summed E-state index contributed by atoms with van der Waals surface area (Å²) in [5.41, 5.74) is 6.79. The van der Waals surface area contributed by atoms with E-state index in [1.807, 2.05) is 57.5 Å². The molecule has 3 aliphatic rings. The van der Waals surface area contributed by atoms with Gasteiger partial charge in [-0.2, -0.15) is 0 Å². The van der Waals surface area contributed by atoms with Crippen molar-refractivity contribution in [2.24, 2.45) is 0 Å². The lowest BCUT2D eigenvalue weighted by molar-refractivity contribution is -0.127. The highest BCUT2D eigenvalue weighted by Gasteiger charge is 2.36. The number of nitrogens with zero attached hydrogens (tertiary/aromatic N) is 6. The number of sulfonamides is 3. The highest BCUT2D eigenvalue weighted by Crippen LogP contribution is 2.43. The number of hydrogen-bond donors (Lipinski definition) is 8. The Morgan fingerprint density at radius 1 is 0.424 bits per heavy atom. The Balaban J connectivity index is 0.658. The maximum absolute atomic E-state index is 13.9. The lowest BCUT2D eigenvalue weighted by Gasteiger charge is -2.35. The minimum Gasteiger partial charge on any atom is -0.378 e. The molecule has 1 aromatic heterocycles. The molecule has 642 valence electrons. The van der Waals surface area contributed by atoms with Crippen LogP contribution in [0.25, 0.3) is 0 Å². The molecular weight excluding hydrogens is 1710 g/mol. The van der Waals surface area contributed by atoms with Gasteiger partial charge in [0.05, 0.1) is 100 Å². The van der Waals surface area contributed by atoms with Gasteiger partial charge < -0.3 is 64.4 Å². The summed E-state index contributed by atoms with van der Waals surface area (Å²) in [5, 5.41) is 28.2. The van der Waals surface area contributed by atoms with Crippen LogP contribution in [0.4, 0.5) is 0 Å². The molecule has 10 rings (SSSR count). The summed E-state index contributed by atoms with van der Waals surface area (Å²) in [5.74, 6) is -2.13. The van der Waals surface area contributed by atoms with Crippen molar-refractivity contribution in [2.45, 2.75) is 103 Å². The minimum atomic E-state index is -3.91. The number of halogens is 6. The lowest BCUT2D eigenvalue weighted by atomic mass is 9.83. The van der Waals surface area contributed by atoms with E-state index in [1.165, 1.54) is 18.2 Å². The van der Waals surface area contributed by atoms with Crippen molar-refractivity contribution in [3.05, 3.63) is 195 Å². The van der Waals surface area contributed by atoms with Crippen LogP contribution in [0.2, 0.25) is 30.1 Å². The maximum atomic E-state index is 13.9. The van der Waals surface area contributed by atoms with E-state index >= 15 is 0 Å². The van der Waals surface area contributed by atoms with Gasteiger partial charge in [0.25, 0.3) is 0 Å². The average molecular weight is 1810 g/mol. The number of nitrogens with one attached hydrogen (secondary N) is 8. The average Bonchev–Trinajstić information content (AvgIpc) is 0.855. The van der Waals surface area contributed by atoms with E-state index in [4.69, 9.17) is 98.0 Å². The molecule has 0 spiro atoms. The van der Waals surface area contributed by atoms with Crippen molar-refractivity contribution in [3.63, 3.8) is 0 Å². The Morgan fingerprint density at radius 3 is 1.03 bits per heavy atom. The van der Waals surface area contributed by atoms with Gasteiger partial charge in [0.2, 0.25) is 53.7 Å². The second-order valence-electron chi connectivity index (χ2n) is 29.1. The van der Waals surface area contributed by atoms with Gasteiger partial charge >= 0.3 is 0 Å². The zero-order valence-corrected chi connectivity index (χ0v) is 72.7. The number of carbonyl (C=O) groups is 4. The first-order valence-electron chi connectivity index (χ1n) is 38.6. The molecule has 118 heavy (non-hydrogen) atoms. The van der Waals surface area contributed by atoms with E-state index in [0.717, 1.165) is 50.1 Å². The van der Waals surface area contributed by atoms with E-state index in [1.54, 1.807) is 54.6 Å². The van der Waals surface area contributed by atoms with Crippen LogP contribution in [0, 0.1) is 0 Å². The Labute approximate surface area is 718 Å². The first kappa shape index (κ1) is 93.6. The normalized spacial score (nSPS) is 16.1. The number of ether oxygens (including phenoxy) is 6. The fraction of sp³-hybridized carbons (Fsp3) is 0.481. The molecule has 39 heteroatoms. The summed E-state index contributed by atoms with van der Waals surface area (Å²) in [6.07, 6.45) is -0.809. The Morgan fingerprint density at radius 2 is 0.729 bits per heavy atom. The van der Waals surface area contributed by atoms with E-state index in [-0.39, 0.29) is 202 Å². The second kappa shape index (κ2) is 45.5. The number of likely N-dealkylation sites (N-methyl/N-ethyl adjacent to an activating group) is 3. The first-order chi connectivity index (χ1) is 56.5. The van der Waals surface area contributed by atoms with Crippen LogP contribution in [0.1, 0.15) is 112 Å². The monoisotopic (exact) mass is 1810 g/mol. The summed E-state index contributed by atoms with van der Waals surface area (Å²) in [7, 11) is -5.81. The maximum Gasteiger partial charge on any atom is 0.240 e. The molecule has 0 saturated heterocycles. The van der Waals surface area contributed by atoms with Crippen molar-refractivity contribution >= 4 is 123 Å². The number of H-pyrrole nitrogens is 1. The van der Waals surface area contributed by atoms with E-state index in [0.29, 0.717) is 69.4 Å². The fourth-order valence-electron chi connectivity index (χ4n) is 14.5. The highest BCUT2D eigenvalue weighted by atomic mass is 35.5. The van der Waals surface area contributed by atoms with Crippen LogP contribution < -0.4 is 35.4 Å². The smallest absolute Gasteiger partial charge is 0.240 e. The molecule has 3 atom stereocenters. The zero-order valence-electron chi connectivity index (χ0n) is 65.8. The molecule has 6 aromatic carbocycles. The van der Waals surface area contributed by atoms with Gasteiger partial charge in [0, 0.05) is 151 Å². The summed E-state index contributed by atoms with van der Waals surface area (Å²) in [6.45, 7) is 5.23. The van der Waals surface area contributed by atoms with Gasteiger partial charge in [-0.25, -0.2) is 44.5 Å². The molecule has 0 saturated carbocycles.